The number of aryl methyl sites for hydroxylation is 1. The molecular weight excluding hydrogens is 388 g/mol. The first-order valence-corrected chi connectivity index (χ1v) is 10.5. The number of nitrogens with two attached hydrogens (primary N) is 1. The number of primary amides is 1. The molecule has 1 aliphatic carbocycles. The van der Waals surface area contributed by atoms with Gasteiger partial charge in [-0.05, 0) is 72.7 Å². The van der Waals surface area contributed by atoms with Crippen LogP contribution in [0.25, 0.3) is 0 Å². The van der Waals surface area contributed by atoms with Crippen LogP contribution in [-0.4, -0.2) is 27.5 Å². The summed E-state index contributed by atoms with van der Waals surface area (Å²) in [5.41, 5.74) is 7.31. The van der Waals surface area contributed by atoms with Crippen LogP contribution in [0.1, 0.15) is 29.9 Å². The molecule has 1 unspecified atom stereocenters. The van der Waals surface area contributed by atoms with Gasteiger partial charge in [-0.2, -0.15) is 0 Å². The van der Waals surface area contributed by atoms with Crippen LogP contribution in [0.4, 0.5) is 0 Å². The minimum Gasteiger partial charge on any atom is -0.484 e. The molecule has 0 saturated carbocycles. The fourth-order valence-electron chi connectivity index (χ4n) is 3.25. The summed E-state index contributed by atoms with van der Waals surface area (Å²) in [6.07, 6.45) is 2.75. The monoisotopic (exact) mass is 408 g/mol. The predicted octanol–water partition coefficient (Wildman–Crippen LogP) is 2.60. The number of carbonyl (C=O) groups is 1. The highest BCUT2D eigenvalue weighted by Gasteiger charge is 2.23. The Bertz CT molecular complexity index is 929. The Kier molecular flexibility index (Phi) is 6.04. The van der Waals surface area contributed by atoms with E-state index in [1.807, 2.05) is 12.1 Å². The molecule has 3 N–H and O–H groups in total. The van der Waals surface area contributed by atoms with Gasteiger partial charge in [-0.25, -0.2) is 13.1 Å². The molecule has 1 aliphatic rings. The second-order valence-corrected chi connectivity index (χ2v) is 8.71. The number of sulfonamides is 1. The predicted molar refractivity (Wildman–Crippen MR) is 103 cm³/mol. The van der Waals surface area contributed by atoms with Crippen LogP contribution in [0.15, 0.2) is 47.4 Å². The van der Waals surface area contributed by atoms with Crippen molar-refractivity contribution in [2.75, 3.05) is 13.2 Å². The number of carbonyl (C=O) groups excluding carboxylic acids is 1. The number of hydrogen-bond donors (Lipinski definition) is 2. The van der Waals surface area contributed by atoms with E-state index in [9.17, 15) is 13.2 Å². The van der Waals surface area contributed by atoms with Gasteiger partial charge in [0.25, 0.3) is 5.91 Å². The lowest BCUT2D eigenvalue weighted by molar-refractivity contribution is -0.119. The Balaban J connectivity index is 1.70. The van der Waals surface area contributed by atoms with E-state index >= 15 is 0 Å². The van der Waals surface area contributed by atoms with Crippen molar-refractivity contribution in [3.8, 4) is 5.75 Å². The fourth-order valence-corrected chi connectivity index (χ4v) is 4.46. The topological polar surface area (TPSA) is 98.5 Å². The van der Waals surface area contributed by atoms with Crippen LogP contribution >= 0.6 is 11.6 Å². The van der Waals surface area contributed by atoms with E-state index in [1.165, 1.54) is 12.1 Å². The quantitative estimate of drug-likeness (QED) is 0.735. The maximum absolute atomic E-state index is 12.5. The summed E-state index contributed by atoms with van der Waals surface area (Å²) in [6, 6.07) is 11.7. The van der Waals surface area contributed by atoms with Crippen molar-refractivity contribution < 1.29 is 17.9 Å². The fraction of sp³-hybridized carbons (Fsp3) is 0.316. The molecule has 2 aromatic rings. The van der Waals surface area contributed by atoms with E-state index in [0.29, 0.717) is 17.3 Å². The van der Waals surface area contributed by atoms with Gasteiger partial charge in [-0.1, -0.05) is 17.7 Å². The molecule has 1 amide bonds. The molecule has 0 bridgehead atoms. The number of fused-ring (bicyclic) bond motifs is 1. The third kappa shape index (κ3) is 5.00. The first-order chi connectivity index (χ1) is 12.8. The van der Waals surface area contributed by atoms with E-state index < -0.39 is 15.9 Å². The number of benzene rings is 2. The Morgan fingerprint density at radius 1 is 1.22 bits per heavy atom. The number of amides is 1. The van der Waals surface area contributed by atoms with Crippen molar-refractivity contribution in [1.82, 2.24) is 4.72 Å². The maximum atomic E-state index is 12.5. The Hall–Kier alpha value is -2.09. The lowest BCUT2D eigenvalue weighted by atomic mass is 9.83. The Morgan fingerprint density at radius 3 is 2.67 bits per heavy atom. The van der Waals surface area contributed by atoms with Crippen LogP contribution in [0.3, 0.4) is 0 Å². The zero-order valence-corrected chi connectivity index (χ0v) is 16.2. The van der Waals surface area contributed by atoms with E-state index in [4.69, 9.17) is 22.1 Å². The highest BCUT2D eigenvalue weighted by atomic mass is 35.5. The van der Waals surface area contributed by atoms with Crippen LogP contribution in [0.2, 0.25) is 5.02 Å². The van der Waals surface area contributed by atoms with Gasteiger partial charge in [0.05, 0.1) is 4.90 Å². The Labute approximate surface area is 163 Å². The third-order valence-corrected chi connectivity index (χ3v) is 6.27. The van der Waals surface area contributed by atoms with Crippen molar-refractivity contribution in [2.24, 2.45) is 5.73 Å². The van der Waals surface area contributed by atoms with Crippen molar-refractivity contribution >= 4 is 27.5 Å². The van der Waals surface area contributed by atoms with E-state index in [-0.39, 0.29) is 17.4 Å². The molecule has 8 heteroatoms. The van der Waals surface area contributed by atoms with Crippen molar-refractivity contribution in [1.29, 1.82) is 0 Å². The van der Waals surface area contributed by atoms with Gasteiger partial charge < -0.3 is 10.5 Å². The summed E-state index contributed by atoms with van der Waals surface area (Å²) < 4.78 is 33.0. The van der Waals surface area contributed by atoms with Crippen LogP contribution in [0.5, 0.6) is 5.75 Å². The zero-order valence-electron chi connectivity index (χ0n) is 14.7. The van der Waals surface area contributed by atoms with Gasteiger partial charge in [0.2, 0.25) is 10.0 Å². The molecule has 3 rings (SSSR count). The molecule has 6 nitrogen and oxygen atoms in total. The molecule has 0 heterocycles. The summed E-state index contributed by atoms with van der Waals surface area (Å²) >= 11 is 5.82. The first kappa shape index (κ1) is 19.7. The minimum absolute atomic E-state index is 0.0843. The molecule has 0 aliphatic heterocycles. The molecule has 0 spiro atoms. The smallest absolute Gasteiger partial charge is 0.255 e. The molecule has 2 aromatic carbocycles. The van der Waals surface area contributed by atoms with Gasteiger partial charge in [-0.15, -0.1) is 0 Å². The lowest BCUT2D eigenvalue weighted by Gasteiger charge is -2.26. The Morgan fingerprint density at radius 2 is 1.96 bits per heavy atom. The molecule has 0 fully saturated rings. The first-order valence-electron chi connectivity index (χ1n) is 8.64. The summed E-state index contributed by atoms with van der Waals surface area (Å²) in [5.74, 6) is 0.151. The standard InChI is InChI=1S/C19H21ClN2O4S/c20-15-4-7-17(8-5-15)27(24,25)22-11-14-3-1-2-13-10-16(6-9-18(13)14)26-12-19(21)23/h4-10,14,22H,1-3,11-12H2,(H2,21,23). The summed E-state index contributed by atoms with van der Waals surface area (Å²) in [6.45, 7) is 0.155. The highest BCUT2D eigenvalue weighted by molar-refractivity contribution is 7.89. The number of ether oxygens (including phenoxy) is 1. The SMILES string of the molecule is NC(=O)COc1ccc2c(c1)CCCC2CNS(=O)(=O)c1ccc(Cl)cc1. The summed E-state index contributed by atoms with van der Waals surface area (Å²) in [5, 5.41) is 0.490. The van der Waals surface area contributed by atoms with Crippen molar-refractivity contribution in [2.45, 2.75) is 30.1 Å². The van der Waals surface area contributed by atoms with Gasteiger partial charge in [-0.3, -0.25) is 4.79 Å². The molecular formula is C19H21ClN2O4S. The number of nitrogens with one attached hydrogen (secondary N) is 1. The number of hydrogen-bond acceptors (Lipinski definition) is 4. The number of rotatable bonds is 7. The van der Waals surface area contributed by atoms with Gasteiger partial charge >= 0.3 is 0 Å². The van der Waals surface area contributed by atoms with Gasteiger partial charge in [0.15, 0.2) is 6.61 Å². The van der Waals surface area contributed by atoms with E-state index in [2.05, 4.69) is 4.72 Å². The highest BCUT2D eigenvalue weighted by Crippen LogP contribution is 2.33. The van der Waals surface area contributed by atoms with Crippen molar-refractivity contribution in [3.63, 3.8) is 0 Å². The van der Waals surface area contributed by atoms with E-state index in [0.717, 1.165) is 30.4 Å². The molecule has 0 radical (unpaired) electrons. The molecule has 0 aromatic heterocycles. The second-order valence-electron chi connectivity index (χ2n) is 6.51. The molecule has 144 valence electrons. The maximum Gasteiger partial charge on any atom is 0.255 e. The minimum atomic E-state index is -3.59. The molecule has 27 heavy (non-hydrogen) atoms. The normalized spacial score (nSPS) is 16.6. The van der Waals surface area contributed by atoms with Gasteiger partial charge in [0, 0.05) is 11.6 Å². The van der Waals surface area contributed by atoms with Gasteiger partial charge in [0.1, 0.15) is 5.75 Å². The van der Waals surface area contributed by atoms with Crippen LogP contribution in [-0.2, 0) is 21.2 Å². The average molecular weight is 409 g/mol. The largest absolute Gasteiger partial charge is 0.484 e. The average Bonchev–Trinajstić information content (AvgIpc) is 2.64. The molecule has 1 atom stereocenters. The molecule has 0 saturated heterocycles. The second kappa shape index (κ2) is 8.29. The lowest BCUT2D eigenvalue weighted by Crippen LogP contribution is -2.30. The number of halogens is 1. The van der Waals surface area contributed by atoms with Crippen LogP contribution in [0, 0.1) is 0 Å². The summed E-state index contributed by atoms with van der Waals surface area (Å²) in [7, 11) is -3.59. The zero-order chi connectivity index (χ0) is 19.4. The summed E-state index contributed by atoms with van der Waals surface area (Å²) in [4.78, 5) is 11.0. The van der Waals surface area contributed by atoms with Crippen LogP contribution < -0.4 is 15.2 Å². The van der Waals surface area contributed by atoms with E-state index in [1.54, 1.807) is 18.2 Å². The third-order valence-electron chi connectivity index (χ3n) is 4.58. The van der Waals surface area contributed by atoms with Crippen molar-refractivity contribution in [3.05, 3.63) is 58.6 Å².